The van der Waals surface area contributed by atoms with E-state index in [1.54, 1.807) is 0 Å². The summed E-state index contributed by atoms with van der Waals surface area (Å²) in [5, 5.41) is 0. The van der Waals surface area contributed by atoms with Crippen molar-refractivity contribution in [1.82, 2.24) is 9.88 Å². The van der Waals surface area contributed by atoms with E-state index in [2.05, 4.69) is 39.5 Å². The highest BCUT2D eigenvalue weighted by atomic mass is 32.1. The number of hydrogen-bond donors (Lipinski definition) is 1. The van der Waals surface area contributed by atoms with Crippen LogP contribution >= 0.6 is 12.6 Å². The van der Waals surface area contributed by atoms with E-state index < -0.39 is 0 Å². The second-order valence-corrected chi connectivity index (χ2v) is 6.54. The SMILES string of the molecule is SCC1(CN2CCN(c3ccccn3)CC2)CCOCC1. The Labute approximate surface area is 132 Å². The smallest absolute Gasteiger partial charge is 0.128 e. The van der Waals surface area contributed by atoms with Crippen LogP contribution in [0, 0.1) is 5.41 Å². The first-order valence-electron chi connectivity index (χ1n) is 7.88. The third kappa shape index (κ3) is 3.71. The summed E-state index contributed by atoms with van der Waals surface area (Å²) >= 11 is 4.62. The molecule has 0 amide bonds. The predicted molar refractivity (Wildman–Crippen MR) is 89.2 cm³/mol. The van der Waals surface area contributed by atoms with Crippen LogP contribution in [0.2, 0.25) is 0 Å². The van der Waals surface area contributed by atoms with Gasteiger partial charge in [0.05, 0.1) is 0 Å². The average molecular weight is 307 g/mol. The van der Waals surface area contributed by atoms with Crippen molar-refractivity contribution in [2.24, 2.45) is 5.41 Å². The molecular weight excluding hydrogens is 282 g/mol. The van der Waals surface area contributed by atoms with Crippen molar-refractivity contribution in [1.29, 1.82) is 0 Å². The number of rotatable bonds is 4. The van der Waals surface area contributed by atoms with Crippen LogP contribution in [-0.2, 0) is 4.74 Å². The highest BCUT2D eigenvalue weighted by Crippen LogP contribution is 2.33. The molecule has 0 radical (unpaired) electrons. The van der Waals surface area contributed by atoms with Crippen molar-refractivity contribution in [2.75, 3.05) is 56.6 Å². The van der Waals surface area contributed by atoms with Gasteiger partial charge in [0.1, 0.15) is 5.82 Å². The number of hydrogen-bond acceptors (Lipinski definition) is 5. The third-order valence-electron chi connectivity index (χ3n) is 4.79. The lowest BCUT2D eigenvalue weighted by atomic mass is 9.81. The quantitative estimate of drug-likeness (QED) is 0.861. The molecule has 0 unspecified atom stereocenters. The van der Waals surface area contributed by atoms with E-state index in [0.717, 1.165) is 70.3 Å². The summed E-state index contributed by atoms with van der Waals surface area (Å²) in [6.07, 6.45) is 4.17. The molecule has 1 aromatic rings. The Morgan fingerprint density at radius 3 is 2.52 bits per heavy atom. The van der Waals surface area contributed by atoms with Gasteiger partial charge in [-0.2, -0.15) is 12.6 Å². The lowest BCUT2D eigenvalue weighted by molar-refractivity contribution is 0.00693. The van der Waals surface area contributed by atoms with E-state index in [9.17, 15) is 0 Å². The summed E-state index contributed by atoms with van der Waals surface area (Å²) < 4.78 is 5.52. The number of aromatic nitrogens is 1. The van der Waals surface area contributed by atoms with E-state index in [4.69, 9.17) is 4.74 Å². The van der Waals surface area contributed by atoms with Crippen LogP contribution in [0.5, 0.6) is 0 Å². The fraction of sp³-hybridized carbons (Fsp3) is 0.688. The van der Waals surface area contributed by atoms with Gasteiger partial charge in [0.15, 0.2) is 0 Å². The molecule has 3 rings (SSSR count). The second kappa shape index (κ2) is 6.99. The van der Waals surface area contributed by atoms with Crippen LogP contribution in [0.4, 0.5) is 5.82 Å². The maximum absolute atomic E-state index is 5.52. The summed E-state index contributed by atoms with van der Waals surface area (Å²) in [6, 6.07) is 6.14. The summed E-state index contributed by atoms with van der Waals surface area (Å²) in [6.45, 7) is 7.32. The molecule has 1 aromatic heterocycles. The van der Waals surface area contributed by atoms with Gasteiger partial charge in [0, 0.05) is 52.1 Å². The minimum Gasteiger partial charge on any atom is -0.381 e. The zero-order chi connectivity index (χ0) is 14.5. The average Bonchev–Trinajstić information content (AvgIpc) is 2.57. The molecule has 3 heterocycles. The first-order chi connectivity index (χ1) is 10.3. The monoisotopic (exact) mass is 307 g/mol. The standard InChI is InChI=1S/C16H25N3OS/c21-14-16(4-11-20-12-5-16)13-18-7-9-19(10-8-18)15-3-1-2-6-17-15/h1-3,6,21H,4-5,7-14H2. The van der Waals surface area contributed by atoms with Crippen molar-refractivity contribution in [3.05, 3.63) is 24.4 Å². The van der Waals surface area contributed by atoms with Gasteiger partial charge in [-0.15, -0.1) is 0 Å². The number of anilines is 1. The fourth-order valence-corrected chi connectivity index (χ4v) is 3.74. The molecule has 0 saturated carbocycles. The Hall–Kier alpha value is -0.780. The van der Waals surface area contributed by atoms with E-state index in [-0.39, 0.29) is 0 Å². The van der Waals surface area contributed by atoms with Gasteiger partial charge < -0.3 is 9.64 Å². The molecule has 0 aliphatic carbocycles. The Kier molecular flexibility index (Phi) is 5.03. The molecule has 2 fully saturated rings. The molecule has 2 aliphatic heterocycles. The maximum atomic E-state index is 5.52. The summed E-state index contributed by atoms with van der Waals surface area (Å²) in [5.74, 6) is 2.07. The molecule has 0 bridgehead atoms. The molecular formula is C16H25N3OS. The third-order valence-corrected chi connectivity index (χ3v) is 5.46. The van der Waals surface area contributed by atoms with Gasteiger partial charge in [0.25, 0.3) is 0 Å². The highest BCUT2D eigenvalue weighted by molar-refractivity contribution is 7.80. The number of pyridine rings is 1. The van der Waals surface area contributed by atoms with Crippen LogP contribution < -0.4 is 4.90 Å². The molecule has 0 aromatic carbocycles. The van der Waals surface area contributed by atoms with E-state index in [1.165, 1.54) is 0 Å². The minimum atomic E-state index is 0.356. The van der Waals surface area contributed by atoms with Gasteiger partial charge in [-0.25, -0.2) is 4.98 Å². The molecule has 116 valence electrons. The van der Waals surface area contributed by atoms with Gasteiger partial charge in [0.2, 0.25) is 0 Å². The Morgan fingerprint density at radius 1 is 1.14 bits per heavy atom. The summed E-state index contributed by atoms with van der Waals surface area (Å²) in [7, 11) is 0. The molecule has 2 aliphatic rings. The van der Waals surface area contributed by atoms with Crippen molar-refractivity contribution in [3.8, 4) is 0 Å². The van der Waals surface area contributed by atoms with Gasteiger partial charge in [-0.1, -0.05) is 6.07 Å². The van der Waals surface area contributed by atoms with Crippen molar-refractivity contribution in [2.45, 2.75) is 12.8 Å². The lowest BCUT2D eigenvalue weighted by Crippen LogP contribution is -2.51. The molecule has 0 atom stereocenters. The minimum absolute atomic E-state index is 0.356. The van der Waals surface area contributed by atoms with Crippen LogP contribution in [0.1, 0.15) is 12.8 Å². The second-order valence-electron chi connectivity index (χ2n) is 6.22. The molecule has 21 heavy (non-hydrogen) atoms. The van der Waals surface area contributed by atoms with Crippen molar-refractivity contribution in [3.63, 3.8) is 0 Å². The zero-order valence-corrected chi connectivity index (χ0v) is 13.5. The summed E-state index contributed by atoms with van der Waals surface area (Å²) in [5.41, 5.74) is 0.356. The number of piperazine rings is 1. The van der Waals surface area contributed by atoms with Crippen molar-refractivity contribution >= 4 is 18.4 Å². The van der Waals surface area contributed by atoms with Gasteiger partial charge >= 0.3 is 0 Å². The lowest BCUT2D eigenvalue weighted by Gasteiger charge is -2.43. The largest absolute Gasteiger partial charge is 0.381 e. The van der Waals surface area contributed by atoms with E-state index in [0.29, 0.717) is 5.41 Å². The number of ether oxygens (including phenoxy) is 1. The molecule has 0 N–H and O–H groups in total. The molecule has 2 saturated heterocycles. The zero-order valence-electron chi connectivity index (χ0n) is 12.6. The Balaban J connectivity index is 1.53. The van der Waals surface area contributed by atoms with Crippen molar-refractivity contribution < 1.29 is 4.74 Å². The maximum Gasteiger partial charge on any atom is 0.128 e. The summed E-state index contributed by atoms with van der Waals surface area (Å²) in [4.78, 5) is 9.43. The first-order valence-corrected chi connectivity index (χ1v) is 8.52. The number of thiol groups is 1. The van der Waals surface area contributed by atoms with Crippen LogP contribution in [0.25, 0.3) is 0 Å². The van der Waals surface area contributed by atoms with Crippen LogP contribution in [0.3, 0.4) is 0 Å². The Bertz CT molecular complexity index is 428. The topological polar surface area (TPSA) is 28.6 Å². The fourth-order valence-electron chi connectivity index (χ4n) is 3.32. The number of nitrogens with zero attached hydrogens (tertiary/aromatic N) is 3. The first kappa shape index (κ1) is 15.1. The molecule has 5 heteroatoms. The predicted octanol–water partition coefficient (Wildman–Crippen LogP) is 1.93. The van der Waals surface area contributed by atoms with Crippen LogP contribution in [0.15, 0.2) is 24.4 Å². The van der Waals surface area contributed by atoms with Gasteiger partial charge in [-0.05, 0) is 36.1 Å². The van der Waals surface area contributed by atoms with Gasteiger partial charge in [-0.3, -0.25) is 4.90 Å². The Morgan fingerprint density at radius 2 is 1.90 bits per heavy atom. The van der Waals surface area contributed by atoms with E-state index >= 15 is 0 Å². The molecule has 0 spiro atoms. The van der Waals surface area contributed by atoms with E-state index in [1.807, 2.05) is 12.3 Å². The molecule has 4 nitrogen and oxygen atoms in total. The highest BCUT2D eigenvalue weighted by Gasteiger charge is 2.34. The van der Waals surface area contributed by atoms with Crippen LogP contribution in [-0.4, -0.2) is 61.6 Å². The normalized spacial score (nSPS) is 23.2.